The molecule has 2 aliphatic rings. The summed E-state index contributed by atoms with van der Waals surface area (Å²) in [6.07, 6.45) is 2.62. The first-order valence-electron chi connectivity index (χ1n) is 9.47. The van der Waals surface area contributed by atoms with Gasteiger partial charge in [0.15, 0.2) is 5.96 Å². The lowest BCUT2D eigenvalue weighted by Gasteiger charge is -2.29. The van der Waals surface area contributed by atoms with Crippen molar-refractivity contribution in [2.24, 2.45) is 16.8 Å². The van der Waals surface area contributed by atoms with Crippen molar-refractivity contribution in [2.75, 3.05) is 46.3 Å². The fourth-order valence-corrected chi connectivity index (χ4v) is 3.75. The summed E-state index contributed by atoms with van der Waals surface area (Å²) in [5, 5.41) is 7.12. The van der Waals surface area contributed by atoms with Gasteiger partial charge in [-0.15, -0.1) is 0 Å². The van der Waals surface area contributed by atoms with Gasteiger partial charge in [0.25, 0.3) is 0 Å². The quantitative estimate of drug-likeness (QED) is 0.596. The summed E-state index contributed by atoms with van der Waals surface area (Å²) in [6, 6.07) is 1.13. The first-order valence-corrected chi connectivity index (χ1v) is 9.47. The molecule has 0 aliphatic carbocycles. The normalized spacial score (nSPS) is 30.9. The molecule has 0 aromatic heterocycles. The molecule has 23 heavy (non-hydrogen) atoms. The van der Waals surface area contributed by atoms with Crippen molar-refractivity contribution in [3.05, 3.63) is 0 Å². The van der Waals surface area contributed by atoms with Crippen molar-refractivity contribution in [1.82, 2.24) is 20.4 Å². The number of guanidine groups is 1. The van der Waals surface area contributed by atoms with Gasteiger partial charge < -0.3 is 15.5 Å². The predicted octanol–water partition coefficient (Wildman–Crippen LogP) is 1.61. The minimum absolute atomic E-state index is 0.504. The molecule has 2 heterocycles. The molecule has 0 aromatic rings. The van der Waals surface area contributed by atoms with Crippen molar-refractivity contribution in [3.63, 3.8) is 0 Å². The van der Waals surface area contributed by atoms with Crippen LogP contribution in [0.25, 0.3) is 0 Å². The molecule has 0 spiro atoms. The highest BCUT2D eigenvalue weighted by atomic mass is 15.3. The maximum absolute atomic E-state index is 4.89. The molecular weight excluding hydrogens is 286 g/mol. The van der Waals surface area contributed by atoms with Crippen molar-refractivity contribution in [2.45, 2.75) is 52.6 Å². The summed E-state index contributed by atoms with van der Waals surface area (Å²) < 4.78 is 0. The third kappa shape index (κ3) is 5.64. The molecule has 3 unspecified atom stereocenters. The molecule has 0 saturated carbocycles. The van der Waals surface area contributed by atoms with Gasteiger partial charge >= 0.3 is 0 Å². The lowest BCUT2D eigenvalue weighted by atomic mass is 9.99. The Labute approximate surface area is 142 Å². The Bertz CT molecular complexity index is 382. The van der Waals surface area contributed by atoms with E-state index in [4.69, 9.17) is 4.99 Å². The Morgan fingerprint density at radius 3 is 2.65 bits per heavy atom. The number of nitrogens with one attached hydrogen (secondary N) is 2. The molecule has 2 fully saturated rings. The smallest absolute Gasteiger partial charge is 0.191 e. The lowest BCUT2D eigenvalue weighted by molar-refractivity contribution is 0.214. The number of rotatable bonds is 5. The van der Waals surface area contributed by atoms with E-state index in [0.29, 0.717) is 23.9 Å². The van der Waals surface area contributed by atoms with Crippen molar-refractivity contribution < 1.29 is 0 Å². The van der Waals surface area contributed by atoms with Crippen LogP contribution in [0.2, 0.25) is 0 Å². The van der Waals surface area contributed by atoms with Crippen LogP contribution in [0.4, 0.5) is 0 Å². The fourth-order valence-electron chi connectivity index (χ4n) is 3.75. The minimum Gasteiger partial charge on any atom is -0.357 e. The van der Waals surface area contributed by atoms with Gasteiger partial charge in [0.2, 0.25) is 0 Å². The summed E-state index contributed by atoms with van der Waals surface area (Å²) >= 11 is 0. The molecule has 0 aromatic carbocycles. The molecule has 134 valence electrons. The Balaban J connectivity index is 1.88. The zero-order chi connectivity index (χ0) is 16.8. The Kier molecular flexibility index (Phi) is 7.15. The summed E-state index contributed by atoms with van der Waals surface area (Å²) in [5.74, 6) is 2.38. The van der Waals surface area contributed by atoms with E-state index in [1.807, 2.05) is 0 Å². The van der Waals surface area contributed by atoms with E-state index in [1.165, 1.54) is 32.5 Å². The topological polar surface area (TPSA) is 42.9 Å². The van der Waals surface area contributed by atoms with Crippen molar-refractivity contribution in [3.8, 4) is 0 Å². The summed E-state index contributed by atoms with van der Waals surface area (Å²) in [6.45, 7) is 15.6. The monoisotopic (exact) mass is 323 g/mol. The molecule has 2 saturated heterocycles. The van der Waals surface area contributed by atoms with Crippen LogP contribution in [0.5, 0.6) is 0 Å². The lowest BCUT2D eigenvalue weighted by Crippen LogP contribution is -2.47. The van der Waals surface area contributed by atoms with E-state index >= 15 is 0 Å². The molecule has 0 bridgehead atoms. The van der Waals surface area contributed by atoms with Crippen molar-refractivity contribution in [1.29, 1.82) is 0 Å². The summed E-state index contributed by atoms with van der Waals surface area (Å²) in [4.78, 5) is 9.88. The maximum atomic E-state index is 4.89. The molecule has 5 nitrogen and oxygen atoms in total. The third-order valence-corrected chi connectivity index (χ3v) is 5.27. The first kappa shape index (κ1) is 18.5. The van der Waals surface area contributed by atoms with Crippen LogP contribution >= 0.6 is 0 Å². The van der Waals surface area contributed by atoms with Crippen LogP contribution in [0, 0.1) is 11.8 Å². The molecule has 2 N–H and O–H groups in total. The second-order valence-corrected chi connectivity index (χ2v) is 7.77. The summed E-state index contributed by atoms with van der Waals surface area (Å²) in [5.41, 5.74) is 0. The number of piperidine rings is 1. The standard InChI is InChI=1S/C18H37N5/c1-6-19-18(20-10-16-8-7-9-22(5)12-16)21-17-13-23(14(2)3)11-15(17)4/h14-17H,6-13H2,1-5H3,(H2,19,20,21). The highest BCUT2D eigenvalue weighted by Gasteiger charge is 2.31. The van der Waals surface area contributed by atoms with Crippen LogP contribution < -0.4 is 10.6 Å². The third-order valence-electron chi connectivity index (χ3n) is 5.27. The van der Waals surface area contributed by atoms with Crippen LogP contribution in [0.15, 0.2) is 4.99 Å². The van der Waals surface area contributed by atoms with E-state index in [1.54, 1.807) is 0 Å². The second-order valence-electron chi connectivity index (χ2n) is 7.77. The Hall–Kier alpha value is -0.810. The highest BCUT2D eigenvalue weighted by molar-refractivity contribution is 5.80. The van der Waals surface area contributed by atoms with Gasteiger partial charge in [0, 0.05) is 44.8 Å². The van der Waals surface area contributed by atoms with Gasteiger partial charge in [0.1, 0.15) is 0 Å². The number of likely N-dealkylation sites (tertiary alicyclic amines) is 2. The molecule has 0 radical (unpaired) electrons. The van der Waals surface area contributed by atoms with Crippen LogP contribution in [0.3, 0.4) is 0 Å². The SMILES string of the molecule is CCNC(=NCC1CCCN(C)C1)NC1CN(C(C)C)CC1C. The first-order chi connectivity index (χ1) is 11.0. The number of nitrogens with zero attached hydrogens (tertiary/aromatic N) is 3. The van der Waals surface area contributed by atoms with Gasteiger partial charge in [-0.05, 0) is 59.0 Å². The van der Waals surface area contributed by atoms with Gasteiger partial charge in [-0.2, -0.15) is 0 Å². The van der Waals surface area contributed by atoms with E-state index in [2.05, 4.69) is 55.2 Å². The van der Waals surface area contributed by atoms with Gasteiger partial charge in [-0.3, -0.25) is 9.89 Å². The van der Waals surface area contributed by atoms with Gasteiger partial charge in [0.05, 0.1) is 0 Å². The Morgan fingerprint density at radius 1 is 1.26 bits per heavy atom. The highest BCUT2D eigenvalue weighted by Crippen LogP contribution is 2.19. The van der Waals surface area contributed by atoms with Gasteiger partial charge in [-0.1, -0.05) is 6.92 Å². The second kappa shape index (κ2) is 8.88. The average Bonchev–Trinajstić information content (AvgIpc) is 2.86. The van der Waals surface area contributed by atoms with Crippen molar-refractivity contribution >= 4 is 5.96 Å². The van der Waals surface area contributed by atoms with Crippen LogP contribution in [-0.2, 0) is 0 Å². The zero-order valence-corrected chi connectivity index (χ0v) is 15.8. The molecule has 2 rings (SSSR count). The molecular formula is C18H37N5. The molecule has 2 aliphatic heterocycles. The fraction of sp³-hybridized carbons (Fsp3) is 0.944. The van der Waals surface area contributed by atoms with E-state index in [-0.39, 0.29) is 0 Å². The maximum Gasteiger partial charge on any atom is 0.191 e. The van der Waals surface area contributed by atoms with Gasteiger partial charge in [-0.25, -0.2) is 0 Å². The van der Waals surface area contributed by atoms with E-state index in [9.17, 15) is 0 Å². The van der Waals surface area contributed by atoms with E-state index in [0.717, 1.165) is 25.6 Å². The van der Waals surface area contributed by atoms with Crippen LogP contribution in [-0.4, -0.2) is 74.2 Å². The number of hydrogen-bond acceptors (Lipinski definition) is 3. The molecule has 0 amide bonds. The number of aliphatic imine (C=N–C) groups is 1. The molecule has 5 heteroatoms. The van der Waals surface area contributed by atoms with Crippen LogP contribution in [0.1, 0.15) is 40.5 Å². The summed E-state index contributed by atoms with van der Waals surface area (Å²) in [7, 11) is 2.22. The average molecular weight is 324 g/mol. The van der Waals surface area contributed by atoms with E-state index < -0.39 is 0 Å². The molecule has 3 atom stereocenters. The Morgan fingerprint density at radius 2 is 2.04 bits per heavy atom. The largest absolute Gasteiger partial charge is 0.357 e. The zero-order valence-electron chi connectivity index (χ0n) is 15.8. The number of hydrogen-bond donors (Lipinski definition) is 2. The minimum atomic E-state index is 0.504. The predicted molar refractivity (Wildman–Crippen MR) is 99.0 cm³/mol.